The highest BCUT2D eigenvalue weighted by Gasteiger charge is 2.34. The van der Waals surface area contributed by atoms with Crippen molar-refractivity contribution in [3.8, 4) is 11.5 Å². The van der Waals surface area contributed by atoms with Crippen LogP contribution in [-0.2, 0) is 41.7 Å². The molecule has 0 amide bonds. The van der Waals surface area contributed by atoms with E-state index in [1.54, 1.807) is 11.5 Å². The molecule has 60 heavy (non-hydrogen) atoms. The molecular weight excluding hydrogens is 761 g/mol. The van der Waals surface area contributed by atoms with Gasteiger partial charge in [0.1, 0.15) is 6.61 Å². The van der Waals surface area contributed by atoms with E-state index in [0.717, 1.165) is 33.3 Å². The number of allylic oxidation sites excluding steroid dienone is 11. The highest BCUT2D eigenvalue weighted by atomic mass is 16.5. The molecule has 4 aliphatic rings. The van der Waals surface area contributed by atoms with Crippen molar-refractivity contribution >= 4 is 28.6 Å². The summed E-state index contributed by atoms with van der Waals surface area (Å²) in [6, 6.07) is 3.81. The van der Waals surface area contributed by atoms with E-state index in [1.807, 2.05) is 51.1 Å². The summed E-state index contributed by atoms with van der Waals surface area (Å²) in [7, 11) is 2.64. The van der Waals surface area contributed by atoms with Crippen molar-refractivity contribution < 1.29 is 28.6 Å². The Morgan fingerprint density at radius 1 is 0.850 bits per heavy atom. The highest BCUT2D eigenvalue weighted by Crippen LogP contribution is 2.41. The summed E-state index contributed by atoms with van der Waals surface area (Å²) in [4.78, 5) is 74.8. The zero-order valence-electron chi connectivity index (χ0n) is 36.7. The molecule has 0 spiro atoms. The molecule has 318 valence electrons. The summed E-state index contributed by atoms with van der Waals surface area (Å²) in [5, 5.41) is 0. The SMILES string of the molecule is COC1=C(OC)C(=O)C(CCCCCn2c(=O)nc3n(CCOC(=O)/C=C(C)/C=C/C=C(C)/C=C/C4=C(C)CCCC4(C)C)c4cc(C)c(C)cc4nc-3c2=O)=C(C)C1=O. The van der Waals surface area contributed by atoms with Gasteiger partial charge in [0.15, 0.2) is 11.5 Å². The molecule has 1 aromatic carbocycles. The van der Waals surface area contributed by atoms with E-state index in [9.17, 15) is 24.0 Å². The van der Waals surface area contributed by atoms with Crippen molar-refractivity contribution in [2.24, 2.45) is 5.41 Å². The van der Waals surface area contributed by atoms with E-state index < -0.39 is 17.2 Å². The van der Waals surface area contributed by atoms with Crippen LogP contribution in [0.15, 0.2) is 103 Å². The molecule has 0 unspecified atom stereocenters. The maximum Gasteiger partial charge on any atom is 0.352 e. The Hall–Kier alpha value is -5.91. The summed E-state index contributed by atoms with van der Waals surface area (Å²) in [5.41, 5.74) is 7.44. The molecule has 0 aromatic heterocycles. The van der Waals surface area contributed by atoms with Gasteiger partial charge in [-0.25, -0.2) is 14.6 Å². The fraction of sp³-hybridized carbons (Fsp3) is 0.438. The van der Waals surface area contributed by atoms with E-state index in [0.29, 0.717) is 47.9 Å². The molecule has 0 atom stereocenters. The van der Waals surface area contributed by atoms with Crippen LogP contribution in [0.2, 0.25) is 0 Å². The summed E-state index contributed by atoms with van der Waals surface area (Å²) < 4.78 is 18.7. The first kappa shape index (κ1) is 45.2. The molecule has 5 rings (SSSR count). The number of ether oxygens (including phenoxy) is 3. The zero-order chi connectivity index (χ0) is 43.9. The number of hydrogen-bond donors (Lipinski definition) is 0. The minimum absolute atomic E-state index is 0.0324. The van der Waals surface area contributed by atoms with Crippen LogP contribution in [0, 0.1) is 19.3 Å². The van der Waals surface area contributed by atoms with Crippen LogP contribution >= 0.6 is 0 Å². The van der Waals surface area contributed by atoms with Gasteiger partial charge in [0, 0.05) is 23.8 Å². The second-order valence-electron chi connectivity index (χ2n) is 16.4. The topological polar surface area (TPSA) is 149 Å². The number of nitrogens with zero attached hydrogens (tertiary/aromatic N) is 4. The summed E-state index contributed by atoms with van der Waals surface area (Å²) in [6.07, 6.45) is 17.0. The number of unbranched alkanes of at least 4 members (excludes halogenated alkanes) is 2. The number of aromatic nitrogens is 4. The Balaban J connectivity index is 1.26. The highest BCUT2D eigenvalue weighted by molar-refractivity contribution is 6.23. The molecule has 0 saturated carbocycles. The van der Waals surface area contributed by atoms with Crippen LogP contribution in [0.25, 0.3) is 22.6 Å². The maximum atomic E-state index is 13.9. The van der Waals surface area contributed by atoms with Gasteiger partial charge in [-0.1, -0.05) is 61.8 Å². The van der Waals surface area contributed by atoms with Gasteiger partial charge in [-0.2, -0.15) is 4.98 Å². The lowest BCUT2D eigenvalue weighted by Crippen LogP contribution is -2.39. The Labute approximate surface area is 352 Å². The van der Waals surface area contributed by atoms with Crippen molar-refractivity contribution in [2.75, 3.05) is 20.8 Å². The van der Waals surface area contributed by atoms with Crippen molar-refractivity contribution in [2.45, 2.75) is 113 Å². The van der Waals surface area contributed by atoms with Crippen LogP contribution in [0.5, 0.6) is 0 Å². The number of carbonyl (C=O) groups is 3. The summed E-state index contributed by atoms with van der Waals surface area (Å²) in [5.74, 6) is -1.40. The van der Waals surface area contributed by atoms with Gasteiger partial charge in [0.25, 0.3) is 5.56 Å². The zero-order valence-corrected chi connectivity index (χ0v) is 36.7. The van der Waals surface area contributed by atoms with E-state index in [2.05, 4.69) is 49.8 Å². The standard InChI is InChI=1S/C48H58N4O8/c1-29(20-21-36-31(3)18-15-22-48(36,7)8)16-14-17-30(2)26-39(53)60-25-24-51-38-28-33(5)32(4)27-37(38)49-40-45(51)50-47(57)52(46(40)56)23-13-11-12-19-35-34(6)41(54)43(58-9)44(59-10)42(35)55/h14,16-17,20-21,26-28H,11-13,15,18-19,22-25H2,1-10H3/b17-14+,21-20+,29-16+,30-26+. The van der Waals surface area contributed by atoms with Gasteiger partial charge in [-0.3, -0.25) is 19.0 Å². The molecule has 2 heterocycles. The number of carbonyl (C=O) groups excluding carboxylic acids is 3. The fourth-order valence-corrected chi connectivity index (χ4v) is 7.94. The van der Waals surface area contributed by atoms with Crippen molar-refractivity contribution in [1.82, 2.24) is 19.1 Å². The predicted octanol–water partition coefficient (Wildman–Crippen LogP) is 8.28. The van der Waals surface area contributed by atoms with Gasteiger partial charge >= 0.3 is 11.7 Å². The lowest BCUT2D eigenvalue weighted by Gasteiger charge is -2.32. The minimum Gasteiger partial charge on any atom is -0.489 e. The quantitative estimate of drug-likeness (QED) is 0.0345. The maximum absolute atomic E-state index is 13.9. The molecule has 0 N–H and O–H groups in total. The van der Waals surface area contributed by atoms with Crippen LogP contribution in [0.3, 0.4) is 0 Å². The second kappa shape index (κ2) is 19.4. The minimum atomic E-state index is -0.716. The first-order chi connectivity index (χ1) is 28.5. The van der Waals surface area contributed by atoms with Crippen molar-refractivity contribution in [1.29, 1.82) is 0 Å². The average Bonchev–Trinajstić information content (AvgIpc) is 3.18. The largest absolute Gasteiger partial charge is 0.489 e. The van der Waals surface area contributed by atoms with E-state index in [-0.39, 0.29) is 59.7 Å². The van der Waals surface area contributed by atoms with Crippen molar-refractivity contribution in [3.05, 3.63) is 126 Å². The molecule has 1 aromatic rings. The number of esters is 1. The second-order valence-corrected chi connectivity index (χ2v) is 16.4. The molecule has 12 heteroatoms. The van der Waals surface area contributed by atoms with E-state index >= 15 is 0 Å². The van der Waals surface area contributed by atoms with Crippen LogP contribution in [0.1, 0.15) is 97.6 Å². The van der Waals surface area contributed by atoms with Crippen molar-refractivity contribution in [3.63, 3.8) is 0 Å². The average molecular weight is 819 g/mol. The van der Waals surface area contributed by atoms with Gasteiger partial charge < -0.3 is 18.8 Å². The number of fused-ring (bicyclic) bond motifs is 2. The number of Topliss-reactive ketones (excluding diaryl/α,β-unsaturated/α-hetero) is 2. The predicted molar refractivity (Wildman–Crippen MR) is 233 cm³/mol. The number of rotatable bonds is 16. The Morgan fingerprint density at radius 3 is 2.25 bits per heavy atom. The number of benzene rings is 1. The Bertz CT molecular complexity index is 2520. The molecular formula is C48H58N4O8. The third-order valence-corrected chi connectivity index (χ3v) is 11.5. The van der Waals surface area contributed by atoms with E-state index in [4.69, 9.17) is 14.2 Å². The lowest BCUT2D eigenvalue weighted by molar-refractivity contribution is -0.138. The molecule has 0 saturated heterocycles. The normalized spacial score (nSPS) is 16.7. The van der Waals surface area contributed by atoms with Gasteiger partial charge in [-0.15, -0.1) is 0 Å². The summed E-state index contributed by atoms with van der Waals surface area (Å²) >= 11 is 0. The Morgan fingerprint density at radius 2 is 1.55 bits per heavy atom. The first-order valence-corrected chi connectivity index (χ1v) is 20.6. The summed E-state index contributed by atoms with van der Waals surface area (Å²) in [6.45, 7) is 16.4. The number of aryl methyl sites for hydroxylation is 2. The third kappa shape index (κ3) is 10.1. The molecule has 2 aliphatic heterocycles. The smallest absolute Gasteiger partial charge is 0.352 e. The molecule has 0 fully saturated rings. The van der Waals surface area contributed by atoms with Crippen LogP contribution in [0.4, 0.5) is 0 Å². The number of ketones is 2. The number of hydrogen-bond acceptors (Lipinski definition) is 10. The molecule has 0 bridgehead atoms. The van der Waals surface area contributed by atoms with Gasteiger partial charge in [0.2, 0.25) is 23.1 Å². The molecule has 2 aliphatic carbocycles. The monoisotopic (exact) mass is 818 g/mol. The number of methoxy groups -OCH3 is 2. The van der Waals surface area contributed by atoms with Crippen LogP contribution in [-0.4, -0.2) is 57.5 Å². The lowest BCUT2D eigenvalue weighted by atomic mass is 9.72. The van der Waals surface area contributed by atoms with E-state index in [1.165, 1.54) is 44.3 Å². The fourth-order valence-electron chi connectivity index (χ4n) is 7.94. The van der Waals surface area contributed by atoms with Crippen LogP contribution < -0.4 is 11.2 Å². The first-order valence-electron chi connectivity index (χ1n) is 20.6. The molecule has 0 radical (unpaired) electrons. The van der Waals surface area contributed by atoms with Gasteiger partial charge in [0.05, 0.1) is 31.8 Å². The van der Waals surface area contributed by atoms with Gasteiger partial charge in [-0.05, 0) is 120 Å². The Kier molecular flexibility index (Phi) is 14.6. The third-order valence-electron chi connectivity index (χ3n) is 11.5. The molecule has 12 nitrogen and oxygen atoms in total.